The van der Waals surface area contributed by atoms with Crippen LogP contribution in [-0.2, 0) is 16.0 Å². The van der Waals surface area contributed by atoms with Crippen LogP contribution in [0.2, 0.25) is 0 Å². The highest BCUT2D eigenvalue weighted by molar-refractivity contribution is 5.94. The number of urea groups is 1. The van der Waals surface area contributed by atoms with E-state index >= 15 is 0 Å². The fraction of sp³-hybridized carbons (Fsp3) is 0.259. The fourth-order valence-corrected chi connectivity index (χ4v) is 3.42. The number of carboxylic acids is 1. The molecule has 34 heavy (non-hydrogen) atoms. The molecule has 0 heterocycles. The van der Waals surface area contributed by atoms with E-state index in [-0.39, 0.29) is 12.5 Å². The molecule has 3 aromatic rings. The second kappa shape index (κ2) is 11.9. The Morgan fingerprint density at radius 2 is 1.62 bits per heavy atom. The number of ether oxygens (including phenoxy) is 2. The average molecular weight is 463 g/mol. The first kappa shape index (κ1) is 24.8. The number of benzene rings is 3. The summed E-state index contributed by atoms with van der Waals surface area (Å²) < 4.78 is 10.9. The number of hydrogen-bond acceptors (Lipinski definition) is 4. The zero-order chi connectivity index (χ0) is 24.4. The van der Waals surface area contributed by atoms with E-state index in [4.69, 9.17) is 9.47 Å². The molecule has 2 amide bonds. The van der Waals surface area contributed by atoms with Crippen LogP contribution in [0, 0.1) is 0 Å². The van der Waals surface area contributed by atoms with Crippen molar-refractivity contribution in [1.82, 2.24) is 5.32 Å². The second-order valence-electron chi connectivity index (χ2n) is 8.06. The number of methoxy groups -OCH3 is 1. The largest absolute Gasteiger partial charge is 0.494 e. The molecule has 3 aromatic carbocycles. The molecule has 0 saturated carbocycles. The molecule has 0 saturated heterocycles. The summed E-state index contributed by atoms with van der Waals surface area (Å²) in [4.78, 5) is 23.7. The molecule has 0 spiro atoms. The van der Waals surface area contributed by atoms with Crippen molar-refractivity contribution in [2.45, 2.75) is 25.4 Å². The number of carbonyl (C=O) groups is 2. The molecule has 0 unspecified atom stereocenters. The second-order valence-corrected chi connectivity index (χ2v) is 8.06. The van der Waals surface area contributed by atoms with Crippen LogP contribution < -0.4 is 15.4 Å². The summed E-state index contributed by atoms with van der Waals surface area (Å²) in [6, 6.07) is 24.6. The third-order valence-electron chi connectivity index (χ3n) is 5.50. The van der Waals surface area contributed by atoms with Gasteiger partial charge in [0.25, 0.3) is 0 Å². The first-order valence-electron chi connectivity index (χ1n) is 11.1. The van der Waals surface area contributed by atoms with Gasteiger partial charge in [-0.25, -0.2) is 9.59 Å². The van der Waals surface area contributed by atoms with Gasteiger partial charge in [-0.2, -0.15) is 0 Å². The maximum atomic E-state index is 12.3. The lowest BCUT2D eigenvalue weighted by Crippen LogP contribution is -2.39. The predicted molar refractivity (Wildman–Crippen MR) is 132 cm³/mol. The van der Waals surface area contributed by atoms with Gasteiger partial charge < -0.3 is 25.2 Å². The first-order valence-corrected chi connectivity index (χ1v) is 11.1. The van der Waals surface area contributed by atoms with Gasteiger partial charge in [-0.05, 0) is 42.7 Å². The van der Waals surface area contributed by atoms with Gasteiger partial charge >= 0.3 is 12.0 Å². The normalized spacial score (nSPS) is 12.4. The molecule has 3 rings (SSSR count). The van der Waals surface area contributed by atoms with Gasteiger partial charge in [-0.3, -0.25) is 0 Å². The molecule has 3 N–H and O–H groups in total. The van der Waals surface area contributed by atoms with Crippen LogP contribution in [0.15, 0.2) is 78.9 Å². The molecular formula is C27H30N2O5. The lowest BCUT2D eigenvalue weighted by molar-refractivity contribution is -0.159. The van der Waals surface area contributed by atoms with Crippen molar-refractivity contribution in [1.29, 1.82) is 0 Å². The third-order valence-corrected chi connectivity index (χ3v) is 5.50. The molecule has 7 heteroatoms. The number of nitrogens with one attached hydrogen (secondary N) is 2. The van der Waals surface area contributed by atoms with Gasteiger partial charge in [0.1, 0.15) is 5.75 Å². The van der Waals surface area contributed by atoms with Crippen LogP contribution in [0.5, 0.6) is 5.75 Å². The van der Waals surface area contributed by atoms with Crippen molar-refractivity contribution < 1.29 is 24.2 Å². The highest BCUT2D eigenvalue weighted by atomic mass is 16.5. The summed E-state index contributed by atoms with van der Waals surface area (Å²) in [5.74, 6) is -0.324. The monoisotopic (exact) mass is 462 g/mol. The standard InChI is InChI=1S/C27H30N2O5/c1-27(33-2,25(30)31)19-20-13-15-22(16-14-20)34-18-8-17-28-26(32)29-24-12-7-6-11-23(24)21-9-4-3-5-10-21/h3-7,9-16H,8,17-19H2,1-2H3,(H,30,31)(H2,28,29,32)/t27-/m0/s1. The Morgan fingerprint density at radius 3 is 2.29 bits per heavy atom. The zero-order valence-corrected chi connectivity index (χ0v) is 19.4. The highest BCUT2D eigenvalue weighted by Crippen LogP contribution is 2.27. The maximum Gasteiger partial charge on any atom is 0.336 e. The van der Waals surface area contributed by atoms with Crippen LogP contribution in [0.1, 0.15) is 18.9 Å². The van der Waals surface area contributed by atoms with Gasteiger partial charge in [0, 0.05) is 25.6 Å². The molecule has 0 bridgehead atoms. The van der Waals surface area contributed by atoms with Crippen LogP contribution in [-0.4, -0.2) is 43.0 Å². The van der Waals surface area contributed by atoms with E-state index in [9.17, 15) is 14.7 Å². The van der Waals surface area contributed by atoms with Gasteiger partial charge in [0.05, 0.1) is 12.3 Å². The Hall–Kier alpha value is -3.84. The van der Waals surface area contributed by atoms with Crippen LogP contribution in [0.25, 0.3) is 11.1 Å². The minimum absolute atomic E-state index is 0.256. The Labute approximate surface area is 199 Å². The van der Waals surface area contributed by atoms with E-state index in [1.807, 2.05) is 66.7 Å². The van der Waals surface area contributed by atoms with E-state index in [0.29, 0.717) is 25.3 Å². The zero-order valence-electron chi connectivity index (χ0n) is 19.4. The van der Waals surface area contributed by atoms with E-state index < -0.39 is 11.6 Å². The number of anilines is 1. The molecule has 178 valence electrons. The van der Waals surface area contributed by atoms with Gasteiger partial charge in [0.2, 0.25) is 0 Å². The van der Waals surface area contributed by atoms with E-state index in [1.165, 1.54) is 7.11 Å². The fourth-order valence-electron chi connectivity index (χ4n) is 3.42. The van der Waals surface area contributed by atoms with Gasteiger partial charge in [-0.15, -0.1) is 0 Å². The van der Waals surface area contributed by atoms with Crippen molar-refractivity contribution in [3.8, 4) is 16.9 Å². The molecule has 0 aromatic heterocycles. The lowest BCUT2D eigenvalue weighted by atomic mass is 9.96. The number of para-hydroxylation sites is 1. The molecule has 0 aliphatic carbocycles. The number of hydrogen-bond donors (Lipinski definition) is 3. The quantitative estimate of drug-likeness (QED) is 0.349. The summed E-state index contributed by atoms with van der Waals surface area (Å²) in [6.45, 7) is 2.44. The number of aliphatic carboxylic acids is 1. The van der Waals surface area contributed by atoms with Gasteiger partial charge in [-0.1, -0.05) is 60.7 Å². The number of rotatable bonds is 11. The van der Waals surface area contributed by atoms with E-state index in [0.717, 1.165) is 22.4 Å². The van der Waals surface area contributed by atoms with Crippen LogP contribution in [0.3, 0.4) is 0 Å². The molecule has 0 fully saturated rings. The Bertz CT molecular complexity index is 1090. The summed E-state index contributed by atoms with van der Waals surface area (Å²) in [5, 5.41) is 15.1. The first-order chi connectivity index (χ1) is 16.4. The Balaban J connectivity index is 1.41. The minimum Gasteiger partial charge on any atom is -0.494 e. The van der Waals surface area contributed by atoms with Crippen molar-refractivity contribution >= 4 is 17.7 Å². The molecular weight excluding hydrogens is 432 g/mol. The minimum atomic E-state index is -1.27. The average Bonchev–Trinajstić information content (AvgIpc) is 2.85. The van der Waals surface area contributed by atoms with Crippen LogP contribution >= 0.6 is 0 Å². The van der Waals surface area contributed by atoms with Crippen molar-refractivity contribution in [3.05, 3.63) is 84.4 Å². The summed E-state index contributed by atoms with van der Waals surface area (Å²) >= 11 is 0. The van der Waals surface area contributed by atoms with E-state index in [2.05, 4.69) is 10.6 Å². The summed E-state index contributed by atoms with van der Waals surface area (Å²) in [6.07, 6.45) is 0.891. The van der Waals surface area contributed by atoms with E-state index in [1.54, 1.807) is 19.1 Å². The molecule has 7 nitrogen and oxygen atoms in total. The van der Waals surface area contributed by atoms with Crippen molar-refractivity contribution in [2.24, 2.45) is 0 Å². The molecule has 0 radical (unpaired) electrons. The third kappa shape index (κ3) is 6.83. The summed E-state index contributed by atoms with van der Waals surface area (Å²) in [7, 11) is 1.39. The number of amides is 2. The smallest absolute Gasteiger partial charge is 0.336 e. The Kier molecular flexibility index (Phi) is 8.65. The molecule has 1 atom stereocenters. The van der Waals surface area contributed by atoms with Gasteiger partial charge in [0.15, 0.2) is 5.60 Å². The Morgan fingerprint density at radius 1 is 0.941 bits per heavy atom. The molecule has 0 aliphatic heterocycles. The molecule has 0 aliphatic rings. The van der Waals surface area contributed by atoms with Crippen LogP contribution in [0.4, 0.5) is 10.5 Å². The van der Waals surface area contributed by atoms with Crippen molar-refractivity contribution in [2.75, 3.05) is 25.6 Å². The number of carbonyl (C=O) groups excluding carboxylic acids is 1. The predicted octanol–water partition coefficient (Wildman–Crippen LogP) is 4.98. The lowest BCUT2D eigenvalue weighted by Gasteiger charge is -2.23. The SMILES string of the molecule is CO[C@@](C)(Cc1ccc(OCCCNC(=O)Nc2ccccc2-c2ccccc2)cc1)C(=O)O. The maximum absolute atomic E-state index is 12.3. The number of carboxylic acid groups (broad SMARTS) is 1. The topological polar surface area (TPSA) is 96.9 Å². The highest BCUT2D eigenvalue weighted by Gasteiger charge is 2.33. The summed E-state index contributed by atoms with van der Waals surface area (Å²) in [5.41, 5.74) is 2.31. The van der Waals surface area contributed by atoms with Crippen molar-refractivity contribution in [3.63, 3.8) is 0 Å².